The summed E-state index contributed by atoms with van der Waals surface area (Å²) in [5.74, 6) is 1.00. The minimum absolute atomic E-state index is 0.185. The molecule has 0 spiro atoms. The van der Waals surface area contributed by atoms with E-state index in [0.717, 1.165) is 38.5 Å². The van der Waals surface area contributed by atoms with Gasteiger partial charge in [-0.1, -0.05) is 6.92 Å². The van der Waals surface area contributed by atoms with Gasteiger partial charge in [0.25, 0.3) is 0 Å². The predicted molar refractivity (Wildman–Crippen MR) is 86.4 cm³/mol. The molecule has 2 aliphatic rings. The molecule has 2 heterocycles. The van der Waals surface area contributed by atoms with Gasteiger partial charge in [-0.2, -0.15) is 0 Å². The summed E-state index contributed by atoms with van der Waals surface area (Å²) >= 11 is 0. The van der Waals surface area contributed by atoms with E-state index in [1.165, 1.54) is 32.5 Å². The van der Waals surface area contributed by atoms with Gasteiger partial charge in [0, 0.05) is 38.8 Å². The second-order valence-corrected chi connectivity index (χ2v) is 6.65. The quantitative estimate of drug-likeness (QED) is 0.750. The van der Waals surface area contributed by atoms with E-state index in [1.807, 2.05) is 0 Å². The standard InChI is InChI=1S/C16H32N4O/c1-3-14(2)18-16(21)13-19-8-4-15(5-9-19)12-20-10-6-17-7-11-20/h14-15,17H,3-13H2,1-2H3,(H,18,21). The van der Waals surface area contributed by atoms with Crippen LogP contribution in [0.1, 0.15) is 33.1 Å². The van der Waals surface area contributed by atoms with Crippen molar-refractivity contribution in [1.82, 2.24) is 20.4 Å². The Balaban J connectivity index is 1.62. The molecule has 1 unspecified atom stereocenters. The third-order valence-electron chi connectivity index (χ3n) is 4.82. The number of hydrogen-bond acceptors (Lipinski definition) is 4. The summed E-state index contributed by atoms with van der Waals surface area (Å²) in [5.41, 5.74) is 0. The normalized spacial score (nSPS) is 23.9. The smallest absolute Gasteiger partial charge is 0.234 e. The summed E-state index contributed by atoms with van der Waals surface area (Å²) in [6, 6.07) is 0.294. The van der Waals surface area contributed by atoms with Crippen LogP contribution in [-0.4, -0.2) is 74.1 Å². The Morgan fingerprint density at radius 1 is 1.19 bits per heavy atom. The van der Waals surface area contributed by atoms with Crippen LogP contribution in [0.3, 0.4) is 0 Å². The maximum absolute atomic E-state index is 11.9. The first-order valence-corrected chi connectivity index (χ1v) is 8.62. The number of likely N-dealkylation sites (tertiary alicyclic amines) is 1. The van der Waals surface area contributed by atoms with Crippen molar-refractivity contribution in [3.05, 3.63) is 0 Å². The van der Waals surface area contributed by atoms with Crippen molar-refractivity contribution in [3.63, 3.8) is 0 Å². The van der Waals surface area contributed by atoms with Gasteiger partial charge in [0.1, 0.15) is 0 Å². The summed E-state index contributed by atoms with van der Waals surface area (Å²) in [6.07, 6.45) is 3.47. The highest BCUT2D eigenvalue weighted by Crippen LogP contribution is 2.18. The average molecular weight is 296 g/mol. The molecule has 2 N–H and O–H groups in total. The summed E-state index contributed by atoms with van der Waals surface area (Å²) < 4.78 is 0. The molecule has 0 aromatic rings. The fourth-order valence-electron chi connectivity index (χ4n) is 3.21. The number of carbonyl (C=O) groups excluding carboxylic acids is 1. The molecule has 1 amide bonds. The number of hydrogen-bond donors (Lipinski definition) is 2. The molecule has 0 aliphatic carbocycles. The maximum atomic E-state index is 11.9. The molecular weight excluding hydrogens is 264 g/mol. The Morgan fingerprint density at radius 3 is 2.48 bits per heavy atom. The highest BCUT2D eigenvalue weighted by molar-refractivity contribution is 5.78. The largest absolute Gasteiger partial charge is 0.353 e. The van der Waals surface area contributed by atoms with Crippen LogP contribution in [0.4, 0.5) is 0 Å². The Hall–Kier alpha value is -0.650. The Morgan fingerprint density at radius 2 is 1.86 bits per heavy atom. The minimum atomic E-state index is 0.185. The molecule has 2 aliphatic heterocycles. The van der Waals surface area contributed by atoms with E-state index in [1.54, 1.807) is 0 Å². The average Bonchev–Trinajstić information content (AvgIpc) is 2.50. The van der Waals surface area contributed by atoms with Crippen molar-refractivity contribution in [2.24, 2.45) is 5.92 Å². The van der Waals surface area contributed by atoms with Gasteiger partial charge in [-0.05, 0) is 45.2 Å². The van der Waals surface area contributed by atoms with Crippen LogP contribution in [0, 0.1) is 5.92 Å². The molecule has 5 heteroatoms. The van der Waals surface area contributed by atoms with Crippen molar-refractivity contribution >= 4 is 5.91 Å². The zero-order valence-electron chi connectivity index (χ0n) is 13.7. The molecule has 0 aromatic carbocycles. The molecule has 5 nitrogen and oxygen atoms in total. The zero-order chi connectivity index (χ0) is 15.1. The van der Waals surface area contributed by atoms with Gasteiger partial charge in [0.2, 0.25) is 5.91 Å². The van der Waals surface area contributed by atoms with Gasteiger partial charge in [-0.25, -0.2) is 0 Å². The molecule has 0 saturated carbocycles. The molecule has 0 aromatic heterocycles. The summed E-state index contributed by atoms with van der Waals surface area (Å²) in [7, 11) is 0. The fraction of sp³-hybridized carbons (Fsp3) is 0.938. The molecule has 1 atom stereocenters. The van der Waals surface area contributed by atoms with E-state index in [0.29, 0.717) is 12.6 Å². The number of rotatable bonds is 6. The lowest BCUT2D eigenvalue weighted by molar-refractivity contribution is -0.123. The topological polar surface area (TPSA) is 47.6 Å². The maximum Gasteiger partial charge on any atom is 0.234 e. The van der Waals surface area contributed by atoms with Gasteiger partial charge in [0.05, 0.1) is 6.54 Å². The lowest BCUT2D eigenvalue weighted by atomic mass is 9.96. The van der Waals surface area contributed by atoms with E-state index in [-0.39, 0.29) is 5.91 Å². The molecule has 122 valence electrons. The number of amides is 1. The SMILES string of the molecule is CCC(C)NC(=O)CN1CCC(CN2CCNCC2)CC1. The third kappa shape index (κ3) is 5.93. The van der Waals surface area contributed by atoms with Gasteiger partial charge in [0.15, 0.2) is 0 Å². The number of piperidine rings is 1. The molecular formula is C16H32N4O. The minimum Gasteiger partial charge on any atom is -0.353 e. The number of nitrogens with zero attached hydrogens (tertiary/aromatic N) is 2. The molecule has 21 heavy (non-hydrogen) atoms. The van der Waals surface area contributed by atoms with E-state index in [4.69, 9.17) is 0 Å². The lowest BCUT2D eigenvalue weighted by Crippen LogP contribution is -2.48. The summed E-state index contributed by atoms with van der Waals surface area (Å²) in [6.45, 7) is 12.8. The van der Waals surface area contributed by atoms with E-state index < -0.39 is 0 Å². The molecule has 2 rings (SSSR count). The second kappa shape index (κ2) is 8.71. The van der Waals surface area contributed by atoms with Gasteiger partial charge < -0.3 is 15.5 Å². The fourth-order valence-corrected chi connectivity index (χ4v) is 3.21. The van der Waals surface area contributed by atoms with E-state index in [2.05, 4.69) is 34.3 Å². The highest BCUT2D eigenvalue weighted by atomic mass is 16.2. The van der Waals surface area contributed by atoms with Crippen LogP contribution in [0.2, 0.25) is 0 Å². The number of nitrogens with one attached hydrogen (secondary N) is 2. The predicted octanol–water partition coefficient (Wildman–Crippen LogP) is 0.518. The van der Waals surface area contributed by atoms with Gasteiger partial charge in [-0.15, -0.1) is 0 Å². The number of piperazine rings is 1. The summed E-state index contributed by atoms with van der Waals surface area (Å²) in [5, 5.41) is 6.46. The van der Waals surface area contributed by atoms with Gasteiger partial charge >= 0.3 is 0 Å². The van der Waals surface area contributed by atoms with Gasteiger partial charge in [-0.3, -0.25) is 9.69 Å². The Kier molecular flexibility index (Phi) is 6.93. The second-order valence-electron chi connectivity index (χ2n) is 6.65. The van der Waals surface area contributed by atoms with Crippen molar-refractivity contribution < 1.29 is 4.79 Å². The lowest BCUT2D eigenvalue weighted by Gasteiger charge is -2.36. The number of carbonyl (C=O) groups is 1. The van der Waals surface area contributed by atoms with Crippen LogP contribution >= 0.6 is 0 Å². The zero-order valence-corrected chi connectivity index (χ0v) is 13.7. The van der Waals surface area contributed by atoms with Crippen LogP contribution in [0.5, 0.6) is 0 Å². The molecule has 2 saturated heterocycles. The Bertz CT molecular complexity index is 309. The Labute approximate surface area is 129 Å². The van der Waals surface area contributed by atoms with Crippen LogP contribution < -0.4 is 10.6 Å². The molecule has 0 radical (unpaired) electrons. The van der Waals surface area contributed by atoms with Crippen molar-refractivity contribution in [2.45, 2.75) is 39.2 Å². The highest BCUT2D eigenvalue weighted by Gasteiger charge is 2.23. The van der Waals surface area contributed by atoms with Crippen LogP contribution in [0.25, 0.3) is 0 Å². The first-order valence-electron chi connectivity index (χ1n) is 8.62. The summed E-state index contributed by atoms with van der Waals surface area (Å²) in [4.78, 5) is 16.8. The third-order valence-corrected chi connectivity index (χ3v) is 4.82. The first-order chi connectivity index (χ1) is 10.2. The van der Waals surface area contributed by atoms with E-state index in [9.17, 15) is 4.79 Å². The van der Waals surface area contributed by atoms with Crippen LogP contribution in [0.15, 0.2) is 0 Å². The first kappa shape index (κ1) is 16.7. The van der Waals surface area contributed by atoms with Crippen molar-refractivity contribution in [1.29, 1.82) is 0 Å². The van der Waals surface area contributed by atoms with E-state index >= 15 is 0 Å². The molecule has 0 bridgehead atoms. The van der Waals surface area contributed by atoms with Crippen molar-refractivity contribution in [3.8, 4) is 0 Å². The van der Waals surface area contributed by atoms with Crippen LogP contribution in [-0.2, 0) is 4.79 Å². The van der Waals surface area contributed by atoms with Crippen molar-refractivity contribution in [2.75, 3.05) is 52.4 Å². The monoisotopic (exact) mass is 296 g/mol. The molecule has 2 fully saturated rings.